The summed E-state index contributed by atoms with van der Waals surface area (Å²) in [6, 6.07) is 8.88. The van der Waals surface area contributed by atoms with Crippen LogP contribution in [0.1, 0.15) is 24.8 Å². The molecular formula is C12H12O4-2. The van der Waals surface area contributed by atoms with Gasteiger partial charge in [-0.25, -0.2) is 0 Å². The average Bonchev–Trinajstić information content (AvgIpc) is 2.25. The first-order valence-electron chi connectivity index (χ1n) is 4.98. The summed E-state index contributed by atoms with van der Waals surface area (Å²) in [5.74, 6) is -4.21. The van der Waals surface area contributed by atoms with Crippen LogP contribution in [0.3, 0.4) is 0 Å². The van der Waals surface area contributed by atoms with Crippen LogP contribution in [0.15, 0.2) is 30.3 Å². The van der Waals surface area contributed by atoms with E-state index in [1.54, 1.807) is 31.2 Å². The Morgan fingerprint density at radius 3 is 2.19 bits per heavy atom. The van der Waals surface area contributed by atoms with Gasteiger partial charge in [0.25, 0.3) is 0 Å². The van der Waals surface area contributed by atoms with Gasteiger partial charge in [0.1, 0.15) is 0 Å². The molecule has 1 aromatic carbocycles. The van der Waals surface area contributed by atoms with Gasteiger partial charge in [-0.15, -0.1) is 0 Å². The van der Waals surface area contributed by atoms with Crippen LogP contribution < -0.4 is 10.2 Å². The summed E-state index contributed by atoms with van der Waals surface area (Å²) >= 11 is 0. The van der Waals surface area contributed by atoms with Crippen molar-refractivity contribution < 1.29 is 19.8 Å². The maximum atomic E-state index is 10.8. The highest BCUT2D eigenvalue weighted by atomic mass is 16.4. The van der Waals surface area contributed by atoms with Crippen LogP contribution in [0.25, 0.3) is 0 Å². The molecule has 0 amide bonds. The Bertz CT molecular complexity index is 372. The highest BCUT2D eigenvalue weighted by Crippen LogP contribution is 2.25. The molecule has 86 valence electrons. The van der Waals surface area contributed by atoms with Crippen molar-refractivity contribution in [2.24, 2.45) is 5.92 Å². The molecule has 0 aliphatic carbocycles. The summed E-state index contributed by atoms with van der Waals surface area (Å²) in [6.07, 6.45) is -0.529. The number of carbonyl (C=O) groups excluding carboxylic acids is 2. The second-order valence-electron chi connectivity index (χ2n) is 3.70. The Kier molecular flexibility index (Phi) is 4.05. The number of benzene rings is 1. The third kappa shape index (κ3) is 3.08. The Balaban J connectivity index is 2.87. The Morgan fingerprint density at radius 1 is 1.19 bits per heavy atom. The van der Waals surface area contributed by atoms with E-state index in [-0.39, 0.29) is 0 Å². The fourth-order valence-electron chi connectivity index (χ4n) is 1.63. The minimum atomic E-state index is -1.38. The maximum Gasteiger partial charge on any atom is 0.0455 e. The molecule has 0 N–H and O–H groups in total. The first-order chi connectivity index (χ1) is 7.52. The third-order valence-electron chi connectivity index (χ3n) is 2.62. The van der Waals surface area contributed by atoms with Crippen LogP contribution in [0.5, 0.6) is 0 Å². The van der Waals surface area contributed by atoms with Crippen molar-refractivity contribution in [2.45, 2.75) is 19.3 Å². The van der Waals surface area contributed by atoms with Gasteiger partial charge < -0.3 is 19.8 Å². The van der Waals surface area contributed by atoms with Gasteiger partial charge in [0, 0.05) is 17.9 Å². The van der Waals surface area contributed by atoms with E-state index in [0.29, 0.717) is 0 Å². The molecule has 0 aromatic heterocycles. The summed E-state index contributed by atoms with van der Waals surface area (Å²) in [6.45, 7) is 1.67. The predicted octanol–water partition coefficient (Wildman–Crippen LogP) is -0.704. The maximum absolute atomic E-state index is 10.8. The molecule has 0 fully saturated rings. The molecule has 0 saturated heterocycles. The van der Waals surface area contributed by atoms with Crippen LogP contribution in [0, 0.1) is 5.92 Å². The number of carboxylic acids is 2. The fraction of sp³-hybridized carbons (Fsp3) is 0.333. The summed E-state index contributed by atoms with van der Waals surface area (Å²) in [4.78, 5) is 21.3. The van der Waals surface area contributed by atoms with E-state index in [1.165, 1.54) is 0 Å². The van der Waals surface area contributed by atoms with Gasteiger partial charge in [0.2, 0.25) is 0 Å². The molecule has 0 aliphatic rings. The van der Waals surface area contributed by atoms with Crippen molar-refractivity contribution in [3.05, 3.63) is 35.9 Å². The van der Waals surface area contributed by atoms with Gasteiger partial charge in [-0.1, -0.05) is 37.3 Å². The molecule has 0 saturated carbocycles. The van der Waals surface area contributed by atoms with E-state index in [2.05, 4.69) is 0 Å². The molecule has 1 rings (SSSR count). The lowest BCUT2D eigenvalue weighted by Gasteiger charge is -2.25. The Labute approximate surface area is 93.5 Å². The molecule has 1 aromatic rings. The minimum absolute atomic E-state index is 0.413. The van der Waals surface area contributed by atoms with Gasteiger partial charge in [-0.3, -0.25) is 0 Å². The lowest BCUT2D eigenvalue weighted by atomic mass is 9.85. The topological polar surface area (TPSA) is 80.3 Å². The highest BCUT2D eigenvalue weighted by Gasteiger charge is 2.20. The van der Waals surface area contributed by atoms with E-state index < -0.39 is 30.2 Å². The molecule has 0 radical (unpaired) electrons. The first-order valence-corrected chi connectivity index (χ1v) is 4.98. The van der Waals surface area contributed by atoms with Gasteiger partial charge in [0.05, 0.1) is 0 Å². The van der Waals surface area contributed by atoms with E-state index >= 15 is 0 Å². The van der Waals surface area contributed by atoms with Crippen molar-refractivity contribution in [1.29, 1.82) is 0 Å². The van der Waals surface area contributed by atoms with E-state index in [9.17, 15) is 19.8 Å². The normalized spacial score (nSPS) is 14.1. The Hall–Kier alpha value is -1.84. The van der Waals surface area contributed by atoms with Crippen molar-refractivity contribution in [1.82, 2.24) is 0 Å². The van der Waals surface area contributed by atoms with Crippen LogP contribution in [-0.4, -0.2) is 11.9 Å². The van der Waals surface area contributed by atoms with Crippen LogP contribution in [0.4, 0.5) is 0 Å². The van der Waals surface area contributed by atoms with Gasteiger partial charge in [0.15, 0.2) is 0 Å². The lowest BCUT2D eigenvalue weighted by Crippen LogP contribution is -2.38. The van der Waals surface area contributed by atoms with Crippen molar-refractivity contribution in [3.63, 3.8) is 0 Å². The molecule has 0 bridgehead atoms. The lowest BCUT2D eigenvalue weighted by molar-refractivity contribution is -0.321. The van der Waals surface area contributed by atoms with Gasteiger partial charge in [-0.2, -0.15) is 0 Å². The van der Waals surface area contributed by atoms with Crippen LogP contribution in [-0.2, 0) is 9.59 Å². The zero-order valence-electron chi connectivity index (χ0n) is 8.88. The summed E-state index contributed by atoms with van der Waals surface area (Å²) < 4.78 is 0. The molecule has 2 atom stereocenters. The molecule has 16 heavy (non-hydrogen) atoms. The molecule has 0 heterocycles. The van der Waals surface area contributed by atoms with E-state index in [4.69, 9.17) is 0 Å². The highest BCUT2D eigenvalue weighted by molar-refractivity contribution is 5.76. The van der Waals surface area contributed by atoms with Crippen LogP contribution >= 0.6 is 0 Å². The molecule has 4 heteroatoms. The SMILES string of the molecule is CC(c1ccccc1)C(CC(=O)[O-])C(=O)[O-]. The quantitative estimate of drug-likeness (QED) is 0.657. The number of rotatable bonds is 5. The summed E-state index contributed by atoms with van der Waals surface area (Å²) in [7, 11) is 0. The van der Waals surface area contributed by atoms with Crippen molar-refractivity contribution in [2.75, 3.05) is 0 Å². The second-order valence-corrected chi connectivity index (χ2v) is 3.70. The minimum Gasteiger partial charge on any atom is -0.550 e. The monoisotopic (exact) mass is 220 g/mol. The second kappa shape index (κ2) is 5.30. The van der Waals surface area contributed by atoms with Crippen molar-refractivity contribution >= 4 is 11.9 Å². The largest absolute Gasteiger partial charge is 0.550 e. The number of carboxylic acid groups (broad SMARTS) is 2. The summed E-state index contributed by atoms with van der Waals surface area (Å²) in [5, 5.41) is 21.3. The average molecular weight is 220 g/mol. The van der Waals surface area contributed by atoms with Crippen LogP contribution in [0.2, 0.25) is 0 Å². The van der Waals surface area contributed by atoms with Gasteiger partial charge in [-0.05, 0) is 17.9 Å². The standard InChI is InChI=1S/C12H14O4/c1-8(9-5-3-2-4-6-9)10(12(15)16)7-11(13)14/h2-6,8,10H,7H2,1H3,(H,13,14)(H,15,16)/p-2. The number of carbonyl (C=O) groups is 2. The van der Waals surface area contributed by atoms with Crippen molar-refractivity contribution in [3.8, 4) is 0 Å². The van der Waals surface area contributed by atoms with E-state index in [0.717, 1.165) is 5.56 Å². The fourth-order valence-corrected chi connectivity index (χ4v) is 1.63. The molecule has 0 aliphatic heterocycles. The molecule has 0 spiro atoms. The number of hydrogen-bond donors (Lipinski definition) is 0. The third-order valence-corrected chi connectivity index (χ3v) is 2.62. The molecule has 4 nitrogen and oxygen atoms in total. The smallest absolute Gasteiger partial charge is 0.0455 e. The molecular weight excluding hydrogens is 208 g/mol. The first kappa shape index (κ1) is 12.2. The summed E-state index contributed by atoms with van der Waals surface area (Å²) in [5.41, 5.74) is 0.776. The predicted molar refractivity (Wildman–Crippen MR) is 53.0 cm³/mol. The Morgan fingerprint density at radius 2 is 1.75 bits per heavy atom. The molecule has 2 unspecified atom stereocenters. The zero-order valence-corrected chi connectivity index (χ0v) is 8.88. The van der Waals surface area contributed by atoms with E-state index in [1.807, 2.05) is 6.07 Å². The zero-order chi connectivity index (χ0) is 12.1. The van der Waals surface area contributed by atoms with Gasteiger partial charge >= 0.3 is 0 Å². The number of hydrogen-bond acceptors (Lipinski definition) is 4. The number of aliphatic carboxylic acids is 2.